The molecule has 6 nitrogen and oxygen atoms in total. The lowest BCUT2D eigenvalue weighted by molar-refractivity contribution is 0.371. The summed E-state index contributed by atoms with van der Waals surface area (Å²) in [7, 11) is 0.352. The Morgan fingerprint density at radius 2 is 1.74 bits per heavy atom. The van der Waals surface area contributed by atoms with Gasteiger partial charge in [0.15, 0.2) is 15.8 Å². The highest BCUT2D eigenvalue weighted by Gasteiger charge is 2.37. The maximum absolute atomic E-state index is 11.6. The summed E-state index contributed by atoms with van der Waals surface area (Å²) in [6.45, 7) is 1.51. The molecular formula is C24H33N3O3S. The lowest BCUT2D eigenvalue weighted by Gasteiger charge is -2.32. The van der Waals surface area contributed by atoms with E-state index >= 15 is 0 Å². The highest BCUT2D eigenvalue weighted by atomic mass is 32.2. The number of hydrogen-bond acceptors (Lipinski definition) is 4. The van der Waals surface area contributed by atoms with Crippen molar-refractivity contribution >= 4 is 15.8 Å². The number of nitrogens with one attached hydrogen (secondary N) is 2. The quantitative estimate of drug-likeness (QED) is 0.483. The van der Waals surface area contributed by atoms with Gasteiger partial charge in [-0.25, -0.2) is 8.42 Å². The van der Waals surface area contributed by atoms with E-state index in [1.165, 1.54) is 24.7 Å². The maximum atomic E-state index is 11.6. The van der Waals surface area contributed by atoms with E-state index in [2.05, 4.69) is 27.8 Å². The van der Waals surface area contributed by atoms with E-state index in [1.807, 2.05) is 24.3 Å². The molecule has 1 aliphatic carbocycles. The van der Waals surface area contributed by atoms with Crippen LogP contribution in [0.4, 0.5) is 0 Å². The molecule has 1 saturated carbocycles. The average molecular weight is 444 g/mol. The highest BCUT2D eigenvalue weighted by molar-refractivity contribution is 7.90. The molecule has 0 unspecified atom stereocenters. The Morgan fingerprint density at radius 3 is 2.35 bits per heavy atom. The van der Waals surface area contributed by atoms with Crippen molar-refractivity contribution in [2.24, 2.45) is 4.99 Å². The first-order valence-corrected chi connectivity index (χ1v) is 12.6. The van der Waals surface area contributed by atoms with Crippen LogP contribution in [0.1, 0.15) is 36.8 Å². The molecule has 0 bridgehead atoms. The van der Waals surface area contributed by atoms with Crippen LogP contribution in [0.3, 0.4) is 0 Å². The van der Waals surface area contributed by atoms with Gasteiger partial charge in [0.2, 0.25) is 0 Å². The fourth-order valence-electron chi connectivity index (χ4n) is 4.38. The molecule has 0 spiro atoms. The molecule has 0 aromatic heterocycles. The van der Waals surface area contributed by atoms with Gasteiger partial charge < -0.3 is 15.4 Å². The molecule has 2 aromatic carbocycles. The van der Waals surface area contributed by atoms with E-state index in [0.717, 1.165) is 43.1 Å². The summed E-state index contributed by atoms with van der Waals surface area (Å²) >= 11 is 0. The van der Waals surface area contributed by atoms with Gasteiger partial charge in [0.25, 0.3) is 0 Å². The minimum absolute atomic E-state index is 0.0473. The Balaban J connectivity index is 1.58. The van der Waals surface area contributed by atoms with Crippen molar-refractivity contribution in [3.63, 3.8) is 0 Å². The predicted molar refractivity (Wildman–Crippen MR) is 126 cm³/mol. The van der Waals surface area contributed by atoms with Crippen LogP contribution in [0.2, 0.25) is 0 Å². The van der Waals surface area contributed by atoms with E-state index in [1.54, 1.807) is 26.3 Å². The first kappa shape index (κ1) is 23.1. The average Bonchev–Trinajstić information content (AvgIpc) is 3.26. The Kier molecular flexibility index (Phi) is 7.59. The molecular weight excluding hydrogens is 410 g/mol. The fraction of sp³-hybridized carbons (Fsp3) is 0.458. The number of para-hydroxylation sites is 1. The normalized spacial score (nSPS) is 16.2. The van der Waals surface area contributed by atoms with Crippen LogP contribution in [0, 0.1) is 0 Å². The second-order valence-electron chi connectivity index (χ2n) is 8.21. The number of aliphatic imine (C=N–C) groups is 1. The molecule has 0 atom stereocenters. The van der Waals surface area contributed by atoms with Crippen LogP contribution in [0.5, 0.6) is 5.75 Å². The second-order valence-corrected chi connectivity index (χ2v) is 10.2. The number of methoxy groups -OCH3 is 1. The lowest BCUT2D eigenvalue weighted by atomic mass is 9.78. The van der Waals surface area contributed by atoms with Gasteiger partial charge in [-0.05, 0) is 43.0 Å². The third-order valence-corrected chi connectivity index (χ3v) is 7.24. The van der Waals surface area contributed by atoms with E-state index in [0.29, 0.717) is 11.4 Å². The Bertz CT molecular complexity index is 995. The van der Waals surface area contributed by atoms with Crippen LogP contribution in [0.15, 0.2) is 58.4 Å². The van der Waals surface area contributed by atoms with Crippen molar-refractivity contribution in [3.8, 4) is 5.75 Å². The largest absolute Gasteiger partial charge is 0.496 e. The number of nitrogens with zero attached hydrogens (tertiary/aromatic N) is 1. The number of guanidine groups is 1. The number of rotatable bonds is 8. The minimum Gasteiger partial charge on any atom is -0.496 e. The Labute approximate surface area is 186 Å². The van der Waals surface area contributed by atoms with E-state index in [9.17, 15) is 8.42 Å². The molecule has 1 aliphatic rings. The standard InChI is InChI=1S/C24H33N3O3S/c1-25-23(26-17-14-19-10-12-20(13-11-19)31(3,28)29)27-18-24(15-6-7-16-24)21-8-4-5-9-22(21)30-2/h4-5,8-13H,6-7,14-18H2,1-3H3,(H2,25,26,27). The summed E-state index contributed by atoms with van der Waals surface area (Å²) < 4.78 is 28.8. The summed E-state index contributed by atoms with van der Waals surface area (Å²) in [5.41, 5.74) is 2.40. The van der Waals surface area contributed by atoms with Gasteiger partial charge >= 0.3 is 0 Å². The molecule has 0 heterocycles. The fourth-order valence-corrected chi connectivity index (χ4v) is 5.01. The molecule has 7 heteroatoms. The van der Waals surface area contributed by atoms with Crippen LogP contribution < -0.4 is 15.4 Å². The summed E-state index contributed by atoms with van der Waals surface area (Å²) in [6, 6.07) is 15.4. The number of hydrogen-bond donors (Lipinski definition) is 2. The third-order valence-electron chi connectivity index (χ3n) is 6.11. The van der Waals surface area contributed by atoms with Crippen molar-refractivity contribution in [2.45, 2.75) is 42.4 Å². The van der Waals surface area contributed by atoms with Gasteiger partial charge in [0.05, 0.1) is 12.0 Å². The zero-order valence-electron chi connectivity index (χ0n) is 18.6. The summed E-state index contributed by atoms with van der Waals surface area (Å²) in [4.78, 5) is 4.72. The Hall–Kier alpha value is -2.54. The van der Waals surface area contributed by atoms with E-state index in [4.69, 9.17) is 4.74 Å². The zero-order chi connectivity index (χ0) is 22.3. The third kappa shape index (κ3) is 5.79. The van der Waals surface area contributed by atoms with Crippen molar-refractivity contribution in [1.82, 2.24) is 10.6 Å². The SMILES string of the molecule is CN=C(NCCc1ccc(S(C)(=O)=O)cc1)NCC1(c2ccccc2OC)CCCC1. The zero-order valence-corrected chi connectivity index (χ0v) is 19.5. The molecule has 0 amide bonds. The maximum Gasteiger partial charge on any atom is 0.191 e. The van der Waals surface area contributed by atoms with Gasteiger partial charge in [-0.1, -0.05) is 43.2 Å². The minimum atomic E-state index is -3.16. The molecule has 2 aromatic rings. The first-order valence-electron chi connectivity index (χ1n) is 10.7. The van der Waals surface area contributed by atoms with Gasteiger partial charge in [0.1, 0.15) is 5.75 Å². The molecule has 3 rings (SSSR count). The van der Waals surface area contributed by atoms with E-state index < -0.39 is 9.84 Å². The van der Waals surface area contributed by atoms with E-state index in [-0.39, 0.29) is 5.41 Å². The molecule has 168 valence electrons. The smallest absolute Gasteiger partial charge is 0.191 e. The van der Waals surface area contributed by atoms with Gasteiger partial charge in [-0.3, -0.25) is 4.99 Å². The van der Waals surface area contributed by atoms with Crippen LogP contribution in [0.25, 0.3) is 0 Å². The highest BCUT2D eigenvalue weighted by Crippen LogP contribution is 2.44. The predicted octanol–water partition coefficient (Wildman–Crippen LogP) is 3.32. The van der Waals surface area contributed by atoms with Gasteiger partial charge in [-0.15, -0.1) is 0 Å². The second kappa shape index (κ2) is 10.2. The van der Waals surface area contributed by atoms with Gasteiger partial charge in [0, 0.05) is 37.4 Å². The first-order chi connectivity index (χ1) is 14.9. The summed E-state index contributed by atoms with van der Waals surface area (Å²) in [5.74, 6) is 1.72. The van der Waals surface area contributed by atoms with Gasteiger partial charge in [-0.2, -0.15) is 0 Å². The number of benzene rings is 2. The molecule has 0 radical (unpaired) electrons. The summed E-state index contributed by atoms with van der Waals surface area (Å²) in [5, 5.41) is 6.89. The topological polar surface area (TPSA) is 79.8 Å². The monoisotopic (exact) mass is 443 g/mol. The molecule has 0 saturated heterocycles. The summed E-state index contributed by atoms with van der Waals surface area (Å²) in [6.07, 6.45) is 6.70. The molecule has 1 fully saturated rings. The van der Waals surface area contributed by atoms with Crippen molar-refractivity contribution in [3.05, 3.63) is 59.7 Å². The van der Waals surface area contributed by atoms with Crippen molar-refractivity contribution in [1.29, 1.82) is 0 Å². The lowest BCUT2D eigenvalue weighted by Crippen LogP contribution is -2.45. The Morgan fingerprint density at radius 1 is 1.06 bits per heavy atom. The number of sulfone groups is 1. The van der Waals surface area contributed by atoms with Crippen LogP contribution >= 0.6 is 0 Å². The molecule has 2 N–H and O–H groups in total. The van der Waals surface area contributed by atoms with Crippen LogP contribution in [-0.2, 0) is 21.7 Å². The molecule has 31 heavy (non-hydrogen) atoms. The van der Waals surface area contributed by atoms with Crippen molar-refractivity contribution in [2.75, 3.05) is 33.5 Å². The van der Waals surface area contributed by atoms with Crippen molar-refractivity contribution < 1.29 is 13.2 Å². The number of ether oxygens (including phenoxy) is 1. The molecule has 0 aliphatic heterocycles. The van der Waals surface area contributed by atoms with Crippen LogP contribution in [-0.4, -0.2) is 47.9 Å².